The SMILES string of the molecule is Cc1cc(Cl)c(C2OC(c3ccccn3)C(C)C(=O)C2=O)cc1C. The molecule has 124 valence electrons. The minimum absolute atomic E-state index is 0.429. The standard InChI is InChI=1S/C19H18ClNO3/c1-10-8-13(14(20)9-11(10)2)19-17(23)16(22)12(3)18(24-19)15-6-4-5-7-21-15/h4-9,12,18-19H,1-3H3. The van der Waals surface area contributed by atoms with Gasteiger partial charge in [0.1, 0.15) is 6.10 Å². The molecule has 1 aliphatic heterocycles. The lowest BCUT2D eigenvalue weighted by Gasteiger charge is -2.33. The van der Waals surface area contributed by atoms with Crippen LogP contribution in [0.4, 0.5) is 0 Å². The van der Waals surface area contributed by atoms with Crippen molar-refractivity contribution in [1.29, 1.82) is 0 Å². The Bertz CT molecular complexity index is 804. The molecule has 3 rings (SSSR count). The summed E-state index contributed by atoms with van der Waals surface area (Å²) in [5.41, 5.74) is 3.18. The molecular weight excluding hydrogens is 326 g/mol. The van der Waals surface area contributed by atoms with Crippen LogP contribution in [0, 0.1) is 19.8 Å². The highest BCUT2D eigenvalue weighted by Gasteiger charge is 2.44. The van der Waals surface area contributed by atoms with Crippen LogP contribution in [0.3, 0.4) is 0 Å². The van der Waals surface area contributed by atoms with E-state index in [1.165, 1.54) is 0 Å². The second-order valence-corrected chi connectivity index (χ2v) is 6.57. The van der Waals surface area contributed by atoms with E-state index in [2.05, 4.69) is 4.98 Å². The molecule has 24 heavy (non-hydrogen) atoms. The highest BCUT2D eigenvalue weighted by molar-refractivity contribution is 6.41. The number of pyridine rings is 1. The number of benzene rings is 1. The van der Waals surface area contributed by atoms with Crippen molar-refractivity contribution < 1.29 is 14.3 Å². The second kappa shape index (κ2) is 6.46. The second-order valence-electron chi connectivity index (χ2n) is 6.17. The zero-order chi connectivity index (χ0) is 17.4. The van der Waals surface area contributed by atoms with Crippen molar-refractivity contribution in [1.82, 2.24) is 4.98 Å². The third-order valence-corrected chi connectivity index (χ3v) is 4.83. The fraction of sp³-hybridized carbons (Fsp3) is 0.316. The number of carbonyl (C=O) groups is 2. The van der Waals surface area contributed by atoms with E-state index in [-0.39, 0.29) is 0 Å². The summed E-state index contributed by atoms with van der Waals surface area (Å²) in [6, 6.07) is 9.03. The van der Waals surface area contributed by atoms with Crippen molar-refractivity contribution in [3.05, 3.63) is 63.9 Å². The summed E-state index contributed by atoms with van der Waals surface area (Å²) in [7, 11) is 0. The van der Waals surface area contributed by atoms with Crippen LogP contribution in [0.25, 0.3) is 0 Å². The van der Waals surface area contributed by atoms with E-state index in [9.17, 15) is 9.59 Å². The van der Waals surface area contributed by atoms with E-state index < -0.39 is 29.7 Å². The van der Waals surface area contributed by atoms with E-state index in [1.54, 1.807) is 31.3 Å². The molecule has 3 atom stereocenters. The molecule has 0 spiro atoms. The Balaban J connectivity index is 2.03. The number of Topliss-reactive ketones (excluding diaryl/α,β-unsaturated/α-hetero) is 2. The molecule has 1 aromatic carbocycles. The first kappa shape index (κ1) is 16.8. The first-order chi connectivity index (χ1) is 11.4. The number of nitrogens with zero attached hydrogens (tertiary/aromatic N) is 1. The molecule has 2 heterocycles. The molecule has 1 saturated heterocycles. The summed E-state index contributed by atoms with van der Waals surface area (Å²) in [4.78, 5) is 29.2. The lowest BCUT2D eigenvalue weighted by molar-refractivity contribution is -0.163. The van der Waals surface area contributed by atoms with Gasteiger partial charge in [-0.15, -0.1) is 0 Å². The molecule has 1 aromatic heterocycles. The predicted molar refractivity (Wildman–Crippen MR) is 90.9 cm³/mol. The van der Waals surface area contributed by atoms with E-state index in [4.69, 9.17) is 16.3 Å². The molecule has 0 aliphatic carbocycles. The largest absolute Gasteiger partial charge is 0.355 e. The summed E-state index contributed by atoms with van der Waals surface area (Å²) in [6.45, 7) is 5.57. The van der Waals surface area contributed by atoms with Gasteiger partial charge in [-0.1, -0.05) is 30.7 Å². The van der Waals surface area contributed by atoms with Gasteiger partial charge < -0.3 is 4.74 Å². The number of carbonyl (C=O) groups excluding carboxylic acids is 2. The highest BCUT2D eigenvalue weighted by Crippen LogP contribution is 2.40. The number of ketones is 2. The topological polar surface area (TPSA) is 56.3 Å². The van der Waals surface area contributed by atoms with Crippen molar-refractivity contribution in [3.63, 3.8) is 0 Å². The molecule has 5 heteroatoms. The zero-order valence-electron chi connectivity index (χ0n) is 13.7. The molecule has 1 fully saturated rings. The smallest absolute Gasteiger partial charge is 0.232 e. The maximum atomic E-state index is 12.5. The Morgan fingerprint density at radius 2 is 1.79 bits per heavy atom. The monoisotopic (exact) mass is 343 g/mol. The van der Waals surface area contributed by atoms with E-state index in [0.717, 1.165) is 11.1 Å². The Morgan fingerprint density at radius 3 is 2.46 bits per heavy atom. The van der Waals surface area contributed by atoms with Crippen LogP contribution in [0.15, 0.2) is 36.5 Å². The molecular formula is C19H18ClNO3. The van der Waals surface area contributed by atoms with Gasteiger partial charge in [0.05, 0.1) is 11.6 Å². The van der Waals surface area contributed by atoms with Gasteiger partial charge in [0.15, 0.2) is 6.10 Å². The average Bonchev–Trinajstić information content (AvgIpc) is 2.57. The minimum atomic E-state index is -0.993. The van der Waals surface area contributed by atoms with Crippen LogP contribution < -0.4 is 0 Å². The normalized spacial score (nSPS) is 24.2. The maximum absolute atomic E-state index is 12.5. The van der Waals surface area contributed by atoms with Crippen LogP contribution in [0.1, 0.15) is 41.5 Å². The molecule has 0 N–H and O–H groups in total. The van der Waals surface area contributed by atoms with Gasteiger partial charge in [0, 0.05) is 16.8 Å². The Morgan fingerprint density at radius 1 is 1.08 bits per heavy atom. The number of aromatic nitrogens is 1. The van der Waals surface area contributed by atoms with Gasteiger partial charge in [-0.25, -0.2) is 0 Å². The molecule has 3 unspecified atom stereocenters. The van der Waals surface area contributed by atoms with Crippen LogP contribution in [0.2, 0.25) is 5.02 Å². The molecule has 0 amide bonds. The fourth-order valence-electron chi connectivity index (χ4n) is 2.91. The van der Waals surface area contributed by atoms with Gasteiger partial charge in [0.2, 0.25) is 11.6 Å². The zero-order valence-corrected chi connectivity index (χ0v) is 14.5. The molecule has 0 radical (unpaired) electrons. The minimum Gasteiger partial charge on any atom is -0.355 e. The fourth-order valence-corrected chi connectivity index (χ4v) is 3.22. The maximum Gasteiger partial charge on any atom is 0.232 e. The highest BCUT2D eigenvalue weighted by atomic mass is 35.5. The third kappa shape index (κ3) is 2.87. The van der Waals surface area contributed by atoms with Gasteiger partial charge in [-0.05, 0) is 43.2 Å². The number of ether oxygens (including phenoxy) is 1. The Labute approximate surface area is 145 Å². The molecule has 4 nitrogen and oxygen atoms in total. The molecule has 1 aliphatic rings. The number of hydrogen-bond acceptors (Lipinski definition) is 4. The van der Waals surface area contributed by atoms with Crippen LogP contribution >= 0.6 is 11.6 Å². The number of rotatable bonds is 2. The first-order valence-electron chi connectivity index (χ1n) is 7.81. The quantitative estimate of drug-likeness (QED) is 0.775. The summed E-state index contributed by atoms with van der Waals surface area (Å²) < 4.78 is 6.01. The lowest BCUT2D eigenvalue weighted by Crippen LogP contribution is -2.40. The average molecular weight is 344 g/mol. The summed E-state index contributed by atoms with van der Waals surface area (Å²) in [6.07, 6.45) is 0.0798. The Kier molecular flexibility index (Phi) is 4.52. The van der Waals surface area contributed by atoms with Crippen molar-refractivity contribution in [2.75, 3.05) is 0 Å². The molecule has 0 bridgehead atoms. The molecule has 0 saturated carbocycles. The van der Waals surface area contributed by atoms with Gasteiger partial charge in [-0.2, -0.15) is 0 Å². The van der Waals surface area contributed by atoms with Crippen LogP contribution in [-0.2, 0) is 14.3 Å². The number of halogens is 1. The first-order valence-corrected chi connectivity index (χ1v) is 8.19. The van der Waals surface area contributed by atoms with Crippen molar-refractivity contribution in [3.8, 4) is 0 Å². The summed E-state index contributed by atoms with van der Waals surface area (Å²) in [5, 5.41) is 0.429. The lowest BCUT2D eigenvalue weighted by atomic mass is 9.86. The Hall–Kier alpha value is -2.04. The van der Waals surface area contributed by atoms with E-state index in [0.29, 0.717) is 16.3 Å². The number of aryl methyl sites for hydroxylation is 2. The summed E-state index contributed by atoms with van der Waals surface area (Å²) in [5.74, 6) is -1.58. The van der Waals surface area contributed by atoms with Crippen molar-refractivity contribution in [2.24, 2.45) is 5.92 Å². The summed E-state index contributed by atoms with van der Waals surface area (Å²) >= 11 is 6.32. The molecule has 2 aromatic rings. The third-order valence-electron chi connectivity index (χ3n) is 4.51. The van der Waals surface area contributed by atoms with Crippen molar-refractivity contribution >= 4 is 23.2 Å². The predicted octanol–water partition coefficient (Wildman–Crippen LogP) is 3.94. The van der Waals surface area contributed by atoms with Crippen molar-refractivity contribution in [2.45, 2.75) is 33.0 Å². The van der Waals surface area contributed by atoms with E-state index >= 15 is 0 Å². The van der Waals surface area contributed by atoms with Gasteiger partial charge >= 0.3 is 0 Å². The van der Waals surface area contributed by atoms with Crippen LogP contribution in [-0.4, -0.2) is 16.6 Å². The van der Waals surface area contributed by atoms with Crippen LogP contribution in [0.5, 0.6) is 0 Å². The van der Waals surface area contributed by atoms with Gasteiger partial charge in [0.25, 0.3) is 0 Å². The van der Waals surface area contributed by atoms with Gasteiger partial charge in [-0.3, -0.25) is 14.6 Å². The number of hydrogen-bond donors (Lipinski definition) is 0. The van der Waals surface area contributed by atoms with E-state index in [1.807, 2.05) is 26.0 Å².